The molecule has 0 aliphatic carbocycles. The van der Waals surface area contributed by atoms with Crippen LogP contribution < -0.4 is 19.5 Å². The molecule has 27 heavy (non-hydrogen) atoms. The number of nitrogens with one attached hydrogen (secondary N) is 1. The van der Waals surface area contributed by atoms with Gasteiger partial charge in [0.2, 0.25) is 0 Å². The van der Waals surface area contributed by atoms with E-state index < -0.39 is 0 Å². The minimum Gasteiger partial charge on any atom is -0.493 e. The summed E-state index contributed by atoms with van der Waals surface area (Å²) in [6.45, 7) is 4.88. The fourth-order valence-electron chi connectivity index (χ4n) is 2.36. The minimum atomic E-state index is -0.249. The number of methoxy groups -OCH3 is 2. The van der Waals surface area contributed by atoms with E-state index in [4.69, 9.17) is 25.8 Å². The zero-order chi connectivity index (χ0) is 20.0. The van der Waals surface area contributed by atoms with E-state index in [9.17, 15) is 4.79 Å². The van der Waals surface area contributed by atoms with Crippen molar-refractivity contribution in [2.24, 2.45) is 5.92 Å². The van der Waals surface area contributed by atoms with E-state index in [2.05, 4.69) is 35.1 Å². The summed E-state index contributed by atoms with van der Waals surface area (Å²) in [6.07, 6.45) is 0. The van der Waals surface area contributed by atoms with E-state index in [1.165, 1.54) is 0 Å². The summed E-state index contributed by atoms with van der Waals surface area (Å²) in [4.78, 5) is 12.7. The molecule has 0 heterocycles. The van der Waals surface area contributed by atoms with E-state index in [1.807, 2.05) is 6.07 Å². The summed E-state index contributed by atoms with van der Waals surface area (Å²) >= 11 is 9.69. The first-order valence-corrected chi connectivity index (χ1v) is 9.63. The molecule has 0 unspecified atom stereocenters. The molecule has 2 rings (SSSR count). The average Bonchev–Trinajstić information content (AvgIpc) is 2.65. The predicted octanol–water partition coefficient (Wildman–Crippen LogP) is 5.08. The van der Waals surface area contributed by atoms with Crippen LogP contribution in [0, 0.1) is 5.92 Å². The van der Waals surface area contributed by atoms with Crippen molar-refractivity contribution < 1.29 is 19.0 Å². The molecule has 0 atom stereocenters. The molecule has 0 spiro atoms. The monoisotopic (exact) mass is 455 g/mol. The van der Waals surface area contributed by atoms with Gasteiger partial charge < -0.3 is 19.5 Å². The van der Waals surface area contributed by atoms with Gasteiger partial charge in [-0.15, -0.1) is 0 Å². The Morgan fingerprint density at radius 3 is 2.41 bits per heavy atom. The lowest BCUT2D eigenvalue weighted by Crippen LogP contribution is -2.24. The van der Waals surface area contributed by atoms with Gasteiger partial charge in [-0.1, -0.05) is 41.4 Å². The summed E-state index contributed by atoms with van der Waals surface area (Å²) in [6, 6.07) is 8.78. The molecule has 1 amide bonds. The van der Waals surface area contributed by atoms with Crippen LogP contribution in [0.4, 0.5) is 0 Å². The zero-order valence-corrected chi connectivity index (χ0v) is 18.1. The molecule has 5 nitrogen and oxygen atoms in total. The van der Waals surface area contributed by atoms with Crippen molar-refractivity contribution in [2.75, 3.05) is 20.8 Å². The number of halogens is 2. The average molecular weight is 457 g/mol. The van der Waals surface area contributed by atoms with Crippen LogP contribution in [0.15, 0.2) is 34.8 Å². The number of carbonyl (C=O) groups is 1. The van der Waals surface area contributed by atoms with Crippen LogP contribution in [0.1, 0.15) is 29.8 Å². The second-order valence-corrected chi connectivity index (χ2v) is 7.65. The molecule has 2 aromatic rings. The highest BCUT2D eigenvalue weighted by Crippen LogP contribution is 2.33. The quantitative estimate of drug-likeness (QED) is 0.601. The Labute approximate surface area is 173 Å². The number of hydrogen-bond donors (Lipinski definition) is 1. The van der Waals surface area contributed by atoms with Crippen molar-refractivity contribution in [2.45, 2.75) is 20.4 Å². The van der Waals surface area contributed by atoms with Crippen molar-refractivity contribution in [3.8, 4) is 17.2 Å². The highest BCUT2D eigenvalue weighted by Gasteiger charge is 2.16. The third-order valence-electron chi connectivity index (χ3n) is 3.75. The summed E-state index contributed by atoms with van der Waals surface area (Å²) < 4.78 is 17.1. The van der Waals surface area contributed by atoms with E-state index in [0.717, 1.165) is 10.0 Å². The van der Waals surface area contributed by atoms with Gasteiger partial charge in [0.15, 0.2) is 11.5 Å². The highest BCUT2D eigenvalue weighted by atomic mass is 79.9. The van der Waals surface area contributed by atoms with E-state index in [0.29, 0.717) is 40.4 Å². The molecule has 0 aromatic heterocycles. The summed E-state index contributed by atoms with van der Waals surface area (Å²) in [5.74, 6) is 1.74. The Bertz CT molecular complexity index is 811. The molecular weight excluding hydrogens is 434 g/mol. The van der Waals surface area contributed by atoms with Gasteiger partial charge in [0, 0.05) is 22.1 Å². The SMILES string of the molecule is COc1cc(Cl)c(CNC(=O)c2cc(Br)ccc2OCC(C)C)cc1OC. The maximum Gasteiger partial charge on any atom is 0.255 e. The Balaban J connectivity index is 2.17. The Morgan fingerprint density at radius 1 is 1.11 bits per heavy atom. The lowest BCUT2D eigenvalue weighted by atomic mass is 10.1. The number of carbonyl (C=O) groups excluding carboxylic acids is 1. The van der Waals surface area contributed by atoms with Crippen molar-refractivity contribution >= 4 is 33.4 Å². The lowest BCUT2D eigenvalue weighted by molar-refractivity contribution is 0.0946. The van der Waals surface area contributed by atoms with Crippen molar-refractivity contribution in [3.05, 3.63) is 51.0 Å². The van der Waals surface area contributed by atoms with Crippen molar-refractivity contribution in [1.29, 1.82) is 0 Å². The van der Waals surface area contributed by atoms with Gasteiger partial charge in [-0.2, -0.15) is 0 Å². The van der Waals surface area contributed by atoms with Gasteiger partial charge in [0.25, 0.3) is 5.91 Å². The van der Waals surface area contributed by atoms with Gasteiger partial charge in [0.05, 0.1) is 26.4 Å². The van der Waals surface area contributed by atoms with E-state index in [1.54, 1.807) is 38.5 Å². The van der Waals surface area contributed by atoms with Crippen LogP contribution in [0.2, 0.25) is 5.02 Å². The molecular formula is C20H23BrClNO4. The molecule has 0 aliphatic heterocycles. The van der Waals surface area contributed by atoms with Crippen molar-refractivity contribution in [1.82, 2.24) is 5.32 Å². The predicted molar refractivity (Wildman–Crippen MR) is 110 cm³/mol. The zero-order valence-electron chi connectivity index (χ0n) is 15.8. The summed E-state index contributed by atoms with van der Waals surface area (Å²) in [7, 11) is 3.09. The van der Waals surface area contributed by atoms with Gasteiger partial charge in [-0.05, 0) is 35.7 Å². The molecule has 0 bridgehead atoms. The van der Waals surface area contributed by atoms with Gasteiger partial charge in [0.1, 0.15) is 5.75 Å². The smallest absolute Gasteiger partial charge is 0.255 e. The van der Waals surface area contributed by atoms with Crippen LogP contribution >= 0.6 is 27.5 Å². The fraction of sp³-hybridized carbons (Fsp3) is 0.350. The molecule has 0 saturated carbocycles. The fourth-order valence-corrected chi connectivity index (χ4v) is 2.95. The summed E-state index contributed by atoms with van der Waals surface area (Å²) in [5.41, 5.74) is 1.18. The molecule has 1 N–H and O–H groups in total. The van der Waals surface area contributed by atoms with Crippen LogP contribution in [0.25, 0.3) is 0 Å². The molecule has 0 fully saturated rings. The van der Waals surface area contributed by atoms with Crippen LogP contribution in [0.3, 0.4) is 0 Å². The molecule has 0 radical (unpaired) electrons. The van der Waals surface area contributed by atoms with E-state index in [-0.39, 0.29) is 12.5 Å². The third kappa shape index (κ3) is 5.78. The number of ether oxygens (including phenoxy) is 3. The van der Waals surface area contributed by atoms with Gasteiger partial charge in [-0.3, -0.25) is 4.79 Å². The van der Waals surface area contributed by atoms with Crippen LogP contribution in [0.5, 0.6) is 17.2 Å². The number of amides is 1. The maximum absolute atomic E-state index is 12.7. The van der Waals surface area contributed by atoms with Crippen LogP contribution in [-0.4, -0.2) is 26.7 Å². The first kappa shape index (κ1) is 21.4. The Morgan fingerprint density at radius 2 is 1.78 bits per heavy atom. The van der Waals surface area contributed by atoms with Gasteiger partial charge >= 0.3 is 0 Å². The lowest BCUT2D eigenvalue weighted by Gasteiger charge is -2.15. The topological polar surface area (TPSA) is 56.8 Å². The van der Waals surface area contributed by atoms with Gasteiger partial charge in [-0.25, -0.2) is 0 Å². The first-order chi connectivity index (χ1) is 12.8. The second kappa shape index (κ2) is 9.85. The first-order valence-electron chi connectivity index (χ1n) is 8.46. The largest absolute Gasteiger partial charge is 0.493 e. The van der Waals surface area contributed by atoms with Crippen LogP contribution in [-0.2, 0) is 6.54 Å². The van der Waals surface area contributed by atoms with E-state index >= 15 is 0 Å². The third-order valence-corrected chi connectivity index (χ3v) is 4.60. The highest BCUT2D eigenvalue weighted by molar-refractivity contribution is 9.10. The number of rotatable bonds is 8. The molecule has 146 valence electrons. The molecule has 2 aromatic carbocycles. The maximum atomic E-state index is 12.7. The Kier molecular flexibility index (Phi) is 7.80. The number of hydrogen-bond acceptors (Lipinski definition) is 4. The molecule has 0 aliphatic rings. The minimum absolute atomic E-state index is 0.244. The Hall–Kier alpha value is -1.92. The van der Waals surface area contributed by atoms with Crippen molar-refractivity contribution in [3.63, 3.8) is 0 Å². The normalized spacial score (nSPS) is 10.6. The second-order valence-electron chi connectivity index (χ2n) is 6.33. The molecule has 0 saturated heterocycles. The summed E-state index contributed by atoms with van der Waals surface area (Å²) in [5, 5.41) is 3.36. The number of benzene rings is 2. The molecule has 7 heteroatoms. The standard InChI is InChI=1S/C20H23BrClNO4/c1-12(2)11-27-17-6-5-14(21)8-15(17)20(24)23-10-13-7-18(25-3)19(26-4)9-16(13)22/h5-9,12H,10-11H2,1-4H3,(H,23,24).